The summed E-state index contributed by atoms with van der Waals surface area (Å²) in [5.74, 6) is 0.0163. The number of nitrogens with one attached hydrogen (secondary N) is 2. The van der Waals surface area contributed by atoms with Crippen molar-refractivity contribution in [3.8, 4) is 22.8 Å². The standard InChI is InChI=1S/C26H21FN6/c1-4-9-15(3)16(5-2)24-22(27)21-20(14-29-24)32-33-25(21)26-30-19-12-8-10-17(23(19)31-26)18-11-6-7-13-28-18/h4-14H,1H2,2-3H3,(H,30,31)(H,32,33)/b15-9-,16-5+. The fourth-order valence-electron chi connectivity index (χ4n) is 4.03. The number of hydrogen-bond acceptors (Lipinski definition) is 4. The van der Waals surface area contributed by atoms with Crippen LogP contribution in [0.3, 0.4) is 0 Å². The van der Waals surface area contributed by atoms with E-state index in [2.05, 4.69) is 31.7 Å². The van der Waals surface area contributed by atoms with Gasteiger partial charge in [-0.25, -0.2) is 9.37 Å². The van der Waals surface area contributed by atoms with Crippen LogP contribution in [0.4, 0.5) is 4.39 Å². The molecule has 4 heterocycles. The topological polar surface area (TPSA) is 83.1 Å². The van der Waals surface area contributed by atoms with Crippen molar-refractivity contribution in [3.05, 3.63) is 90.7 Å². The molecule has 7 heteroatoms. The fraction of sp³-hybridized carbons (Fsp3) is 0.0769. The van der Waals surface area contributed by atoms with Crippen LogP contribution < -0.4 is 0 Å². The molecular weight excluding hydrogens is 415 g/mol. The molecule has 0 aliphatic heterocycles. The van der Waals surface area contributed by atoms with E-state index in [4.69, 9.17) is 4.98 Å². The Hall–Kier alpha value is -4.39. The zero-order valence-corrected chi connectivity index (χ0v) is 18.2. The van der Waals surface area contributed by atoms with E-state index in [1.54, 1.807) is 18.5 Å². The zero-order valence-electron chi connectivity index (χ0n) is 18.2. The number of allylic oxidation sites excluding steroid dienone is 5. The summed E-state index contributed by atoms with van der Waals surface area (Å²) in [7, 11) is 0. The molecule has 0 bridgehead atoms. The van der Waals surface area contributed by atoms with E-state index >= 15 is 4.39 Å². The van der Waals surface area contributed by atoms with E-state index in [0.717, 1.165) is 27.9 Å². The van der Waals surface area contributed by atoms with Gasteiger partial charge in [0.25, 0.3) is 0 Å². The normalized spacial score (nSPS) is 12.6. The number of halogens is 1. The largest absolute Gasteiger partial charge is 0.337 e. The average molecular weight is 436 g/mol. The fourth-order valence-corrected chi connectivity index (χ4v) is 4.03. The summed E-state index contributed by atoms with van der Waals surface area (Å²) in [6, 6.07) is 11.6. The van der Waals surface area contributed by atoms with Gasteiger partial charge in [0.1, 0.15) is 11.4 Å². The molecule has 0 atom stereocenters. The molecule has 0 unspecified atom stereocenters. The van der Waals surface area contributed by atoms with Crippen LogP contribution in [0.5, 0.6) is 0 Å². The van der Waals surface area contributed by atoms with Gasteiger partial charge in [0.15, 0.2) is 11.6 Å². The molecule has 0 spiro atoms. The summed E-state index contributed by atoms with van der Waals surface area (Å²) >= 11 is 0. The second kappa shape index (κ2) is 8.27. The van der Waals surface area contributed by atoms with Crippen molar-refractivity contribution in [2.24, 2.45) is 0 Å². The summed E-state index contributed by atoms with van der Waals surface area (Å²) in [4.78, 5) is 16.9. The van der Waals surface area contributed by atoms with E-state index in [1.165, 1.54) is 0 Å². The summed E-state index contributed by atoms with van der Waals surface area (Å²) in [5, 5.41) is 7.59. The van der Waals surface area contributed by atoms with Gasteiger partial charge in [-0.2, -0.15) is 5.10 Å². The maximum absolute atomic E-state index is 15.8. The van der Waals surface area contributed by atoms with E-state index in [1.807, 2.05) is 62.4 Å². The average Bonchev–Trinajstić information content (AvgIpc) is 3.46. The van der Waals surface area contributed by atoms with E-state index in [0.29, 0.717) is 28.0 Å². The lowest BCUT2D eigenvalue weighted by Crippen LogP contribution is -1.97. The van der Waals surface area contributed by atoms with Gasteiger partial charge >= 0.3 is 0 Å². The minimum atomic E-state index is -0.452. The lowest BCUT2D eigenvalue weighted by atomic mass is 10.0. The van der Waals surface area contributed by atoms with Crippen molar-refractivity contribution in [1.82, 2.24) is 30.1 Å². The quantitative estimate of drug-likeness (QED) is 0.320. The summed E-state index contributed by atoms with van der Waals surface area (Å²) in [6.45, 7) is 7.49. The van der Waals surface area contributed by atoms with Gasteiger partial charge in [-0.05, 0) is 37.6 Å². The number of imidazole rings is 1. The molecule has 0 aliphatic carbocycles. The molecule has 1 aromatic carbocycles. The van der Waals surface area contributed by atoms with Crippen molar-refractivity contribution in [2.45, 2.75) is 13.8 Å². The first-order valence-corrected chi connectivity index (χ1v) is 10.5. The van der Waals surface area contributed by atoms with Crippen LogP contribution in [0.25, 0.3) is 50.3 Å². The predicted octanol–water partition coefficient (Wildman–Crippen LogP) is 6.24. The molecule has 4 aromatic heterocycles. The smallest absolute Gasteiger partial charge is 0.161 e. The monoisotopic (exact) mass is 436 g/mol. The maximum atomic E-state index is 15.8. The van der Waals surface area contributed by atoms with Crippen LogP contribution in [-0.4, -0.2) is 30.1 Å². The van der Waals surface area contributed by atoms with Gasteiger partial charge in [0.2, 0.25) is 0 Å². The van der Waals surface area contributed by atoms with E-state index in [-0.39, 0.29) is 5.69 Å². The van der Waals surface area contributed by atoms with Crippen LogP contribution in [-0.2, 0) is 0 Å². The highest BCUT2D eigenvalue weighted by Gasteiger charge is 2.22. The van der Waals surface area contributed by atoms with Gasteiger partial charge < -0.3 is 4.98 Å². The minimum absolute atomic E-state index is 0.258. The second-order valence-electron chi connectivity index (χ2n) is 7.57. The zero-order chi connectivity index (χ0) is 22.9. The minimum Gasteiger partial charge on any atom is -0.337 e. The molecule has 5 aromatic rings. The van der Waals surface area contributed by atoms with Crippen LogP contribution in [0.2, 0.25) is 0 Å². The Kier molecular flexibility index (Phi) is 5.14. The third-order valence-corrected chi connectivity index (χ3v) is 5.56. The Morgan fingerprint density at radius 3 is 2.73 bits per heavy atom. The Bertz CT molecular complexity index is 1560. The molecule has 0 aliphatic rings. The molecule has 5 rings (SSSR count). The summed E-state index contributed by atoms with van der Waals surface area (Å²) < 4.78 is 15.8. The first-order valence-electron chi connectivity index (χ1n) is 10.5. The van der Waals surface area contributed by atoms with E-state index < -0.39 is 5.82 Å². The van der Waals surface area contributed by atoms with Crippen molar-refractivity contribution in [2.75, 3.05) is 0 Å². The molecule has 33 heavy (non-hydrogen) atoms. The number of hydrogen-bond donors (Lipinski definition) is 2. The second-order valence-corrected chi connectivity index (χ2v) is 7.57. The number of fused-ring (bicyclic) bond motifs is 2. The molecule has 162 valence electrons. The van der Waals surface area contributed by atoms with Crippen molar-refractivity contribution in [3.63, 3.8) is 0 Å². The number of H-pyrrole nitrogens is 2. The van der Waals surface area contributed by atoms with Crippen LogP contribution >= 0.6 is 0 Å². The molecule has 2 N–H and O–H groups in total. The molecule has 0 saturated heterocycles. The number of aromatic nitrogens is 6. The molecule has 0 saturated carbocycles. The van der Waals surface area contributed by atoms with Crippen LogP contribution in [0, 0.1) is 5.82 Å². The lowest BCUT2D eigenvalue weighted by molar-refractivity contribution is 0.629. The number of pyridine rings is 2. The Labute approximate surface area is 189 Å². The first kappa shape index (κ1) is 20.5. The molecular formula is C26H21FN6. The van der Waals surface area contributed by atoms with Crippen molar-refractivity contribution in [1.29, 1.82) is 0 Å². The number of benzene rings is 1. The highest BCUT2D eigenvalue weighted by atomic mass is 19.1. The van der Waals surface area contributed by atoms with Gasteiger partial charge in [-0.15, -0.1) is 0 Å². The first-order chi connectivity index (χ1) is 16.1. The number of para-hydroxylation sites is 1. The van der Waals surface area contributed by atoms with Crippen LogP contribution in [0.1, 0.15) is 19.5 Å². The third-order valence-electron chi connectivity index (χ3n) is 5.56. The van der Waals surface area contributed by atoms with Gasteiger partial charge in [-0.3, -0.25) is 15.1 Å². The Morgan fingerprint density at radius 1 is 1.09 bits per heavy atom. The Balaban J connectivity index is 1.70. The number of nitrogens with zero attached hydrogens (tertiary/aromatic N) is 4. The highest BCUT2D eigenvalue weighted by molar-refractivity contribution is 5.98. The summed E-state index contributed by atoms with van der Waals surface area (Å²) in [6.07, 6.45) is 8.68. The van der Waals surface area contributed by atoms with Crippen molar-refractivity contribution >= 4 is 27.5 Å². The maximum Gasteiger partial charge on any atom is 0.161 e. The molecule has 0 amide bonds. The molecule has 0 radical (unpaired) electrons. The predicted molar refractivity (Wildman–Crippen MR) is 130 cm³/mol. The lowest BCUT2D eigenvalue weighted by Gasteiger charge is -2.09. The van der Waals surface area contributed by atoms with E-state index in [9.17, 15) is 0 Å². The van der Waals surface area contributed by atoms with Crippen molar-refractivity contribution < 1.29 is 4.39 Å². The number of aromatic amines is 2. The number of rotatable bonds is 5. The Morgan fingerprint density at radius 2 is 1.97 bits per heavy atom. The van der Waals surface area contributed by atoms with Gasteiger partial charge in [0, 0.05) is 17.3 Å². The molecule has 6 nitrogen and oxygen atoms in total. The molecule has 0 fully saturated rings. The third kappa shape index (κ3) is 3.43. The van der Waals surface area contributed by atoms with Gasteiger partial charge in [0.05, 0.1) is 33.8 Å². The SMILES string of the molecule is C=C/C=C(C)\C(=C/C)c1ncc2[nH]nc(-c3nc4c(-c5ccccn5)cccc4[nH]3)c2c1F. The van der Waals surface area contributed by atoms with Crippen LogP contribution in [0.15, 0.2) is 79.2 Å². The highest BCUT2D eigenvalue weighted by Crippen LogP contribution is 2.34. The summed E-state index contributed by atoms with van der Waals surface area (Å²) in [5.41, 5.74) is 5.98. The van der Waals surface area contributed by atoms with Gasteiger partial charge in [-0.1, -0.05) is 43.0 Å².